The second-order valence-electron chi connectivity index (χ2n) is 5.87. The van der Waals surface area contributed by atoms with Gasteiger partial charge in [-0.05, 0) is 34.9 Å². The van der Waals surface area contributed by atoms with E-state index < -0.39 is 11.6 Å². The van der Waals surface area contributed by atoms with Crippen LogP contribution in [0.4, 0.5) is 10.5 Å². The van der Waals surface area contributed by atoms with Crippen LogP contribution < -0.4 is 10.5 Å². The summed E-state index contributed by atoms with van der Waals surface area (Å²) in [5.74, 6) is 0. The summed E-state index contributed by atoms with van der Waals surface area (Å²) >= 11 is 0. The molecule has 0 unspecified atom stereocenters. The molecule has 20 heavy (non-hydrogen) atoms. The van der Waals surface area contributed by atoms with E-state index in [2.05, 4.69) is 4.98 Å². The van der Waals surface area contributed by atoms with Gasteiger partial charge in [0.2, 0.25) is 0 Å². The van der Waals surface area contributed by atoms with E-state index in [0.29, 0.717) is 13.1 Å². The van der Waals surface area contributed by atoms with E-state index >= 15 is 0 Å². The molecule has 0 fully saturated rings. The largest absolute Gasteiger partial charge is 0.465 e. The number of carboxylic acid groups (broad SMARTS) is 1. The van der Waals surface area contributed by atoms with Crippen molar-refractivity contribution < 1.29 is 9.90 Å². The van der Waals surface area contributed by atoms with Gasteiger partial charge < -0.3 is 10.0 Å². The molecule has 0 atom stereocenters. The Balaban J connectivity index is 3.22. The third-order valence-corrected chi connectivity index (χ3v) is 2.77. The molecule has 7 heteroatoms. The Labute approximate surface area is 118 Å². The zero-order chi connectivity index (χ0) is 15.5. The number of carbonyl (C=O) groups is 1. The first-order valence-corrected chi connectivity index (χ1v) is 6.37. The summed E-state index contributed by atoms with van der Waals surface area (Å²) in [7, 11) is 3.81. The van der Waals surface area contributed by atoms with Gasteiger partial charge in [-0.15, -0.1) is 0 Å². The number of hydrogen-bond acceptors (Lipinski definition) is 4. The van der Waals surface area contributed by atoms with E-state index in [1.165, 1.54) is 17.1 Å². The quantitative estimate of drug-likeness (QED) is 0.894. The standard InChI is InChI=1S/C13H22N4O3/c1-13(2,3)17(12(19)20)10-8-14-9-16(11(10)18)7-6-15(4)5/h8-9H,6-7H2,1-5H3,(H,19,20). The highest BCUT2D eigenvalue weighted by molar-refractivity contribution is 5.86. The van der Waals surface area contributed by atoms with E-state index in [0.717, 1.165) is 4.90 Å². The van der Waals surface area contributed by atoms with Crippen LogP contribution in [-0.4, -0.2) is 51.8 Å². The third-order valence-electron chi connectivity index (χ3n) is 2.77. The van der Waals surface area contributed by atoms with Gasteiger partial charge in [-0.2, -0.15) is 0 Å². The van der Waals surface area contributed by atoms with E-state index in [9.17, 15) is 14.7 Å². The number of likely N-dealkylation sites (N-methyl/N-ethyl adjacent to an activating group) is 1. The molecule has 0 spiro atoms. The van der Waals surface area contributed by atoms with Gasteiger partial charge in [0.05, 0.1) is 12.5 Å². The van der Waals surface area contributed by atoms with Crippen LogP contribution >= 0.6 is 0 Å². The van der Waals surface area contributed by atoms with Crippen molar-refractivity contribution in [2.75, 3.05) is 25.5 Å². The van der Waals surface area contributed by atoms with Crippen molar-refractivity contribution in [1.29, 1.82) is 0 Å². The van der Waals surface area contributed by atoms with Crippen LogP contribution in [0.3, 0.4) is 0 Å². The Morgan fingerprint density at radius 3 is 2.45 bits per heavy atom. The minimum Gasteiger partial charge on any atom is -0.465 e. The summed E-state index contributed by atoms with van der Waals surface area (Å²) in [4.78, 5) is 30.8. The Kier molecular flexibility index (Phi) is 4.88. The van der Waals surface area contributed by atoms with Gasteiger partial charge in [-0.25, -0.2) is 9.78 Å². The molecular weight excluding hydrogens is 260 g/mol. The maximum Gasteiger partial charge on any atom is 0.412 e. The van der Waals surface area contributed by atoms with Crippen molar-refractivity contribution in [2.24, 2.45) is 0 Å². The van der Waals surface area contributed by atoms with E-state index in [4.69, 9.17) is 0 Å². The lowest BCUT2D eigenvalue weighted by Gasteiger charge is -2.32. The number of amides is 1. The first-order chi connectivity index (χ1) is 9.14. The lowest BCUT2D eigenvalue weighted by atomic mass is 10.1. The predicted octanol–water partition coefficient (Wildman–Crippen LogP) is 1.09. The molecular formula is C13H22N4O3. The zero-order valence-corrected chi connectivity index (χ0v) is 12.6. The lowest BCUT2D eigenvalue weighted by Crippen LogP contribution is -2.48. The highest BCUT2D eigenvalue weighted by Crippen LogP contribution is 2.19. The molecule has 1 aromatic heterocycles. The van der Waals surface area contributed by atoms with Gasteiger partial charge in [-0.3, -0.25) is 14.3 Å². The number of anilines is 1. The van der Waals surface area contributed by atoms with Crippen LogP contribution in [0.25, 0.3) is 0 Å². The molecule has 1 amide bonds. The normalized spacial score (nSPS) is 11.7. The molecule has 0 radical (unpaired) electrons. The minimum atomic E-state index is -1.17. The molecule has 0 aliphatic rings. The summed E-state index contributed by atoms with van der Waals surface area (Å²) in [6.07, 6.45) is 1.56. The average Bonchev–Trinajstić information content (AvgIpc) is 2.27. The van der Waals surface area contributed by atoms with Gasteiger partial charge >= 0.3 is 6.09 Å². The highest BCUT2D eigenvalue weighted by atomic mass is 16.4. The number of rotatable bonds is 4. The summed E-state index contributed by atoms with van der Waals surface area (Å²) in [5.41, 5.74) is -0.988. The lowest BCUT2D eigenvalue weighted by molar-refractivity contribution is 0.195. The summed E-state index contributed by atoms with van der Waals surface area (Å²) in [6, 6.07) is 0. The maximum atomic E-state index is 12.4. The van der Waals surface area contributed by atoms with Gasteiger partial charge in [0.15, 0.2) is 0 Å². The maximum absolute atomic E-state index is 12.4. The molecule has 7 nitrogen and oxygen atoms in total. The van der Waals surface area contributed by atoms with E-state index in [-0.39, 0.29) is 11.2 Å². The fourth-order valence-corrected chi connectivity index (χ4v) is 1.81. The van der Waals surface area contributed by atoms with Crippen LogP contribution in [-0.2, 0) is 6.54 Å². The Morgan fingerprint density at radius 1 is 1.40 bits per heavy atom. The molecule has 0 aliphatic carbocycles. The van der Waals surface area contributed by atoms with Crippen LogP contribution in [0, 0.1) is 0 Å². The number of aromatic nitrogens is 2. The molecule has 0 bridgehead atoms. The van der Waals surface area contributed by atoms with Crippen LogP contribution in [0.2, 0.25) is 0 Å². The fraction of sp³-hybridized carbons (Fsp3) is 0.615. The summed E-state index contributed by atoms with van der Waals surface area (Å²) in [5, 5.41) is 9.34. The SMILES string of the molecule is CN(C)CCn1cncc(N(C(=O)O)C(C)(C)C)c1=O. The van der Waals surface area contributed by atoms with Crippen molar-refractivity contribution in [3.8, 4) is 0 Å². The van der Waals surface area contributed by atoms with Crippen molar-refractivity contribution >= 4 is 11.8 Å². The van der Waals surface area contributed by atoms with E-state index in [1.807, 2.05) is 19.0 Å². The van der Waals surface area contributed by atoms with Gasteiger partial charge in [-0.1, -0.05) is 0 Å². The smallest absolute Gasteiger partial charge is 0.412 e. The molecule has 1 heterocycles. The molecule has 0 saturated carbocycles. The van der Waals surface area contributed by atoms with Crippen molar-refractivity contribution in [1.82, 2.24) is 14.5 Å². The van der Waals surface area contributed by atoms with Crippen molar-refractivity contribution in [3.63, 3.8) is 0 Å². The molecule has 1 rings (SSSR count). The molecule has 112 valence electrons. The molecule has 1 aromatic rings. The second-order valence-corrected chi connectivity index (χ2v) is 5.87. The second kappa shape index (κ2) is 6.04. The van der Waals surface area contributed by atoms with E-state index in [1.54, 1.807) is 20.8 Å². The minimum absolute atomic E-state index is 0.0752. The summed E-state index contributed by atoms with van der Waals surface area (Å²) in [6.45, 7) is 6.34. The number of hydrogen-bond donors (Lipinski definition) is 1. The van der Waals surface area contributed by atoms with Crippen LogP contribution in [0.5, 0.6) is 0 Å². The van der Waals surface area contributed by atoms with Crippen LogP contribution in [0.15, 0.2) is 17.3 Å². The third kappa shape index (κ3) is 3.80. The number of nitrogens with zero attached hydrogens (tertiary/aromatic N) is 4. The Hall–Kier alpha value is -1.89. The molecule has 1 N–H and O–H groups in total. The van der Waals surface area contributed by atoms with Gasteiger partial charge in [0.25, 0.3) is 5.56 Å². The van der Waals surface area contributed by atoms with Crippen molar-refractivity contribution in [2.45, 2.75) is 32.9 Å². The van der Waals surface area contributed by atoms with Gasteiger partial charge in [0.1, 0.15) is 5.69 Å². The molecule has 0 aromatic carbocycles. The van der Waals surface area contributed by atoms with Crippen molar-refractivity contribution in [3.05, 3.63) is 22.9 Å². The topological polar surface area (TPSA) is 78.7 Å². The molecule has 0 aliphatic heterocycles. The predicted molar refractivity (Wildman–Crippen MR) is 77.3 cm³/mol. The molecule has 0 saturated heterocycles. The Morgan fingerprint density at radius 2 is 2.00 bits per heavy atom. The first kappa shape index (κ1) is 16.2. The zero-order valence-electron chi connectivity index (χ0n) is 12.6. The fourth-order valence-electron chi connectivity index (χ4n) is 1.81. The monoisotopic (exact) mass is 282 g/mol. The summed E-state index contributed by atoms with van der Waals surface area (Å²) < 4.78 is 1.43. The van der Waals surface area contributed by atoms with Crippen LogP contribution in [0.1, 0.15) is 20.8 Å². The average molecular weight is 282 g/mol. The Bertz CT molecular complexity index is 531. The van der Waals surface area contributed by atoms with Gasteiger partial charge in [0, 0.05) is 18.6 Å². The highest BCUT2D eigenvalue weighted by Gasteiger charge is 2.30. The first-order valence-electron chi connectivity index (χ1n) is 6.37.